The fraction of sp³-hybridized carbons (Fsp3) is 0.438. The van der Waals surface area contributed by atoms with Crippen LogP contribution in [0.25, 0.3) is 10.9 Å². The number of unbranched alkanes of at least 4 members (excludes halogenated alkanes) is 1. The lowest BCUT2D eigenvalue weighted by Gasteiger charge is -2.06. The van der Waals surface area contributed by atoms with Crippen molar-refractivity contribution < 1.29 is 0 Å². The zero-order chi connectivity index (χ0) is 13.5. The highest BCUT2D eigenvalue weighted by atomic mass is 14.9. The normalized spacial score (nSPS) is 10.7. The smallest absolute Gasteiger partial charge is 0.0622 e. The number of fused-ring (bicyclic) bond motifs is 1. The second-order valence-electron chi connectivity index (χ2n) is 4.84. The van der Waals surface area contributed by atoms with E-state index in [1.807, 2.05) is 0 Å². The molecule has 2 aromatic rings. The van der Waals surface area contributed by atoms with Crippen molar-refractivity contribution in [1.29, 1.82) is 5.26 Å². The van der Waals surface area contributed by atoms with Crippen LogP contribution in [0, 0.1) is 11.3 Å². The van der Waals surface area contributed by atoms with Crippen molar-refractivity contribution in [3.63, 3.8) is 0 Å². The van der Waals surface area contributed by atoms with Gasteiger partial charge in [-0.05, 0) is 48.5 Å². The Hall–Kier alpha value is -1.79. The average Bonchev–Trinajstić information content (AvgIpc) is 2.82. The summed E-state index contributed by atoms with van der Waals surface area (Å²) in [5.74, 6) is 0. The van der Waals surface area contributed by atoms with E-state index < -0.39 is 0 Å². The van der Waals surface area contributed by atoms with Gasteiger partial charge >= 0.3 is 0 Å². The monoisotopic (exact) mass is 255 g/mol. The summed E-state index contributed by atoms with van der Waals surface area (Å²) in [6.07, 6.45) is 4.82. The van der Waals surface area contributed by atoms with Crippen LogP contribution in [0.4, 0.5) is 0 Å². The van der Waals surface area contributed by atoms with Crippen molar-refractivity contribution >= 4 is 10.9 Å². The maximum atomic E-state index is 8.58. The Morgan fingerprint density at radius 1 is 1.32 bits per heavy atom. The second kappa shape index (κ2) is 6.96. The first-order chi connectivity index (χ1) is 9.35. The molecule has 0 aliphatic carbocycles. The third-order valence-electron chi connectivity index (χ3n) is 3.28. The predicted molar refractivity (Wildman–Crippen MR) is 78.8 cm³/mol. The topological polar surface area (TPSA) is 40.8 Å². The molecule has 0 bridgehead atoms. The molecule has 1 aromatic carbocycles. The Morgan fingerprint density at radius 3 is 3.00 bits per heavy atom. The van der Waals surface area contributed by atoms with E-state index in [-0.39, 0.29) is 0 Å². The second-order valence-corrected chi connectivity index (χ2v) is 4.84. The number of nitrogens with zero attached hydrogens (tertiary/aromatic N) is 2. The maximum absolute atomic E-state index is 8.58. The summed E-state index contributed by atoms with van der Waals surface area (Å²) in [6, 6.07) is 11.0. The number of aryl methyl sites for hydroxylation is 1. The summed E-state index contributed by atoms with van der Waals surface area (Å²) in [4.78, 5) is 0. The fourth-order valence-electron chi connectivity index (χ4n) is 2.29. The minimum absolute atomic E-state index is 0.624. The van der Waals surface area contributed by atoms with Gasteiger partial charge in [0.15, 0.2) is 0 Å². The zero-order valence-electron chi connectivity index (χ0n) is 11.5. The van der Waals surface area contributed by atoms with Crippen molar-refractivity contribution in [2.45, 2.75) is 39.3 Å². The Bertz CT molecular complexity index is 563. The highest BCUT2D eigenvalue weighted by Gasteiger charge is 2.02. The largest absolute Gasteiger partial charge is 0.347 e. The summed E-state index contributed by atoms with van der Waals surface area (Å²) in [6.45, 7) is 5.10. The van der Waals surface area contributed by atoms with Gasteiger partial charge in [0.1, 0.15) is 0 Å². The molecule has 0 aliphatic rings. The number of benzene rings is 1. The van der Waals surface area contributed by atoms with E-state index in [1.54, 1.807) is 0 Å². The van der Waals surface area contributed by atoms with Crippen LogP contribution in [0.1, 0.15) is 31.7 Å². The van der Waals surface area contributed by atoms with Crippen LogP contribution in [-0.2, 0) is 13.1 Å². The number of nitriles is 1. The molecule has 0 unspecified atom stereocenters. The lowest BCUT2D eigenvalue weighted by molar-refractivity contribution is 0.672. The minimum atomic E-state index is 0.624. The van der Waals surface area contributed by atoms with Crippen LogP contribution in [-0.4, -0.2) is 11.1 Å². The third-order valence-corrected chi connectivity index (χ3v) is 3.28. The Balaban J connectivity index is 2.06. The van der Waals surface area contributed by atoms with Crippen LogP contribution in [0.15, 0.2) is 30.5 Å². The number of rotatable bonds is 7. The van der Waals surface area contributed by atoms with Gasteiger partial charge in [-0.25, -0.2) is 0 Å². The van der Waals surface area contributed by atoms with Crippen LogP contribution >= 0.6 is 0 Å². The van der Waals surface area contributed by atoms with Gasteiger partial charge in [0.2, 0.25) is 0 Å². The zero-order valence-corrected chi connectivity index (χ0v) is 11.5. The number of hydrogen-bond donors (Lipinski definition) is 1. The molecule has 1 N–H and O–H groups in total. The van der Waals surface area contributed by atoms with Gasteiger partial charge in [-0.2, -0.15) is 5.26 Å². The van der Waals surface area contributed by atoms with Gasteiger partial charge in [0.25, 0.3) is 0 Å². The van der Waals surface area contributed by atoms with E-state index in [0.717, 1.165) is 32.5 Å². The molecule has 19 heavy (non-hydrogen) atoms. The van der Waals surface area contributed by atoms with E-state index in [9.17, 15) is 0 Å². The Labute approximate surface area is 114 Å². The first kappa shape index (κ1) is 13.6. The van der Waals surface area contributed by atoms with Gasteiger partial charge < -0.3 is 9.88 Å². The first-order valence-corrected chi connectivity index (χ1v) is 7.00. The summed E-state index contributed by atoms with van der Waals surface area (Å²) < 4.78 is 2.23. The van der Waals surface area contributed by atoms with Crippen LogP contribution in [0.2, 0.25) is 0 Å². The van der Waals surface area contributed by atoms with E-state index in [2.05, 4.69) is 53.3 Å². The summed E-state index contributed by atoms with van der Waals surface area (Å²) in [5.41, 5.74) is 2.59. The molecule has 1 aromatic heterocycles. The SMILES string of the molecule is CCCNCc1ccc2c(ccn2CCCC#N)c1. The van der Waals surface area contributed by atoms with Gasteiger partial charge in [-0.1, -0.05) is 13.0 Å². The molecular weight excluding hydrogens is 234 g/mol. The molecule has 0 fully saturated rings. The number of nitrogens with one attached hydrogen (secondary N) is 1. The molecule has 0 spiro atoms. The van der Waals surface area contributed by atoms with E-state index in [4.69, 9.17) is 5.26 Å². The van der Waals surface area contributed by atoms with Crippen LogP contribution in [0.5, 0.6) is 0 Å². The first-order valence-electron chi connectivity index (χ1n) is 7.00. The van der Waals surface area contributed by atoms with Crippen molar-refractivity contribution in [1.82, 2.24) is 9.88 Å². The molecule has 1 heterocycles. The van der Waals surface area contributed by atoms with E-state index in [1.165, 1.54) is 16.5 Å². The summed E-state index contributed by atoms with van der Waals surface area (Å²) >= 11 is 0. The molecule has 0 saturated carbocycles. The predicted octanol–water partition coefficient (Wildman–Crippen LogP) is 3.44. The summed E-state index contributed by atoms with van der Waals surface area (Å²) in [5, 5.41) is 13.3. The summed E-state index contributed by atoms with van der Waals surface area (Å²) in [7, 11) is 0. The van der Waals surface area contributed by atoms with Gasteiger partial charge in [0.05, 0.1) is 6.07 Å². The van der Waals surface area contributed by atoms with Crippen molar-refractivity contribution in [3.8, 4) is 6.07 Å². The Morgan fingerprint density at radius 2 is 2.21 bits per heavy atom. The highest BCUT2D eigenvalue weighted by Crippen LogP contribution is 2.18. The molecule has 0 saturated heterocycles. The van der Waals surface area contributed by atoms with Crippen LogP contribution in [0.3, 0.4) is 0 Å². The van der Waals surface area contributed by atoms with E-state index >= 15 is 0 Å². The van der Waals surface area contributed by atoms with Crippen molar-refractivity contribution in [2.75, 3.05) is 6.54 Å². The minimum Gasteiger partial charge on any atom is -0.347 e. The molecular formula is C16H21N3. The van der Waals surface area contributed by atoms with E-state index in [0.29, 0.717) is 6.42 Å². The average molecular weight is 255 g/mol. The quantitative estimate of drug-likeness (QED) is 0.770. The van der Waals surface area contributed by atoms with Crippen molar-refractivity contribution in [3.05, 3.63) is 36.0 Å². The molecule has 0 amide bonds. The fourth-order valence-corrected chi connectivity index (χ4v) is 2.29. The van der Waals surface area contributed by atoms with Gasteiger partial charge in [-0.3, -0.25) is 0 Å². The molecule has 2 rings (SSSR count). The lowest BCUT2D eigenvalue weighted by Crippen LogP contribution is -2.13. The van der Waals surface area contributed by atoms with Crippen molar-refractivity contribution in [2.24, 2.45) is 0 Å². The Kier molecular flexibility index (Phi) is 5.00. The van der Waals surface area contributed by atoms with Gasteiger partial charge in [-0.15, -0.1) is 0 Å². The van der Waals surface area contributed by atoms with Gasteiger partial charge in [0, 0.05) is 31.2 Å². The molecule has 0 radical (unpaired) electrons. The molecule has 3 nitrogen and oxygen atoms in total. The highest BCUT2D eigenvalue weighted by molar-refractivity contribution is 5.80. The number of hydrogen-bond acceptors (Lipinski definition) is 2. The molecule has 3 heteroatoms. The molecule has 0 atom stereocenters. The third kappa shape index (κ3) is 3.59. The molecule has 0 aliphatic heterocycles. The maximum Gasteiger partial charge on any atom is 0.0622 e. The molecule has 100 valence electrons. The lowest BCUT2D eigenvalue weighted by atomic mass is 10.1. The number of aromatic nitrogens is 1. The standard InChI is InChI=1S/C16H21N3/c1-2-9-18-13-14-5-6-16-15(12-14)7-11-19(16)10-4-3-8-17/h5-7,11-12,18H,2-4,9-10,13H2,1H3. The van der Waals surface area contributed by atoms with Crippen LogP contribution < -0.4 is 5.32 Å².